The van der Waals surface area contributed by atoms with Crippen LogP contribution in [0, 0.1) is 6.92 Å². The highest BCUT2D eigenvalue weighted by Crippen LogP contribution is 2.41. The van der Waals surface area contributed by atoms with Gasteiger partial charge in [0.25, 0.3) is 0 Å². The van der Waals surface area contributed by atoms with Gasteiger partial charge in [-0.3, -0.25) is 0 Å². The summed E-state index contributed by atoms with van der Waals surface area (Å²) in [5.41, 5.74) is 2.26. The molecule has 6 heteroatoms. The van der Waals surface area contributed by atoms with Gasteiger partial charge in [0.15, 0.2) is 5.76 Å². The summed E-state index contributed by atoms with van der Waals surface area (Å²) in [4.78, 5) is 4.50. The molecule has 0 radical (unpaired) electrons. The smallest absolute Gasteiger partial charge is 0.173 e. The zero-order valence-electron chi connectivity index (χ0n) is 15.4. The number of nitrogens with zero attached hydrogens (tertiary/aromatic N) is 2. The molecule has 0 aliphatic carbocycles. The average Bonchev–Trinajstić information content (AvgIpc) is 3.15. The van der Waals surface area contributed by atoms with E-state index in [1.807, 2.05) is 56.3 Å². The van der Waals surface area contributed by atoms with E-state index in [1.165, 1.54) is 0 Å². The lowest BCUT2D eigenvalue weighted by Gasteiger charge is -2.25. The first kappa shape index (κ1) is 18.9. The number of aromatic nitrogens is 2. The van der Waals surface area contributed by atoms with E-state index < -0.39 is 5.60 Å². The average molecular weight is 413 g/mol. The minimum absolute atomic E-state index is 0.341. The number of aryl methyl sites for hydroxylation is 1. The molecule has 2 aromatic carbocycles. The van der Waals surface area contributed by atoms with E-state index in [0.29, 0.717) is 50.1 Å². The van der Waals surface area contributed by atoms with Crippen LogP contribution in [0.1, 0.15) is 30.4 Å². The van der Waals surface area contributed by atoms with Gasteiger partial charge in [-0.05, 0) is 36.6 Å². The van der Waals surface area contributed by atoms with Gasteiger partial charge in [0.2, 0.25) is 0 Å². The molecular formula is C22H18Cl2N2O2. The molecule has 4 rings (SSSR count). The van der Waals surface area contributed by atoms with Gasteiger partial charge in [0, 0.05) is 17.0 Å². The predicted octanol–water partition coefficient (Wildman–Crippen LogP) is 6.15. The lowest BCUT2D eigenvalue weighted by atomic mass is 9.87. The summed E-state index contributed by atoms with van der Waals surface area (Å²) in [6, 6.07) is 16.8. The van der Waals surface area contributed by atoms with Gasteiger partial charge in [0.05, 0.1) is 16.2 Å². The van der Waals surface area contributed by atoms with Gasteiger partial charge in [-0.1, -0.05) is 71.7 Å². The van der Waals surface area contributed by atoms with Crippen molar-refractivity contribution < 1.29 is 9.63 Å². The summed E-state index contributed by atoms with van der Waals surface area (Å²) >= 11 is 13.2. The first-order chi connectivity index (χ1) is 13.4. The predicted molar refractivity (Wildman–Crippen MR) is 112 cm³/mol. The molecule has 1 unspecified atom stereocenters. The topological polar surface area (TPSA) is 59.2 Å². The Labute approximate surface area is 172 Å². The summed E-state index contributed by atoms with van der Waals surface area (Å²) < 4.78 is 5.36. The molecule has 1 atom stereocenters. The van der Waals surface area contributed by atoms with Crippen LogP contribution in [-0.2, 0) is 5.60 Å². The van der Waals surface area contributed by atoms with Crippen LogP contribution in [0.4, 0.5) is 0 Å². The lowest BCUT2D eigenvalue weighted by Crippen LogP contribution is -2.25. The van der Waals surface area contributed by atoms with Crippen molar-refractivity contribution in [2.24, 2.45) is 0 Å². The fourth-order valence-electron chi connectivity index (χ4n) is 3.38. The number of pyridine rings is 1. The maximum absolute atomic E-state index is 11.3. The van der Waals surface area contributed by atoms with Crippen LogP contribution in [0.5, 0.6) is 0 Å². The second-order valence-corrected chi connectivity index (χ2v) is 7.47. The van der Waals surface area contributed by atoms with Crippen molar-refractivity contribution in [3.8, 4) is 11.1 Å². The van der Waals surface area contributed by atoms with E-state index >= 15 is 0 Å². The van der Waals surface area contributed by atoms with Crippen molar-refractivity contribution in [3.63, 3.8) is 0 Å². The molecule has 0 aliphatic heterocycles. The fourth-order valence-corrected chi connectivity index (χ4v) is 4.08. The van der Waals surface area contributed by atoms with Crippen LogP contribution in [-0.4, -0.2) is 15.2 Å². The third-order valence-electron chi connectivity index (χ3n) is 4.96. The fraction of sp³-hybridized carbons (Fsp3) is 0.182. The Morgan fingerprint density at radius 3 is 2.46 bits per heavy atom. The molecule has 0 aliphatic rings. The van der Waals surface area contributed by atoms with E-state index in [1.54, 1.807) is 12.1 Å². The second kappa shape index (κ2) is 7.21. The second-order valence-electron chi connectivity index (χ2n) is 6.74. The first-order valence-corrected chi connectivity index (χ1v) is 9.70. The minimum Gasteiger partial charge on any atom is -0.377 e. The molecule has 0 saturated heterocycles. The Morgan fingerprint density at radius 2 is 1.82 bits per heavy atom. The van der Waals surface area contributed by atoms with Crippen LogP contribution < -0.4 is 0 Å². The van der Waals surface area contributed by atoms with Gasteiger partial charge < -0.3 is 9.63 Å². The minimum atomic E-state index is -1.31. The van der Waals surface area contributed by atoms with Crippen molar-refractivity contribution in [2.45, 2.75) is 25.9 Å². The number of benzene rings is 2. The number of rotatable bonds is 4. The van der Waals surface area contributed by atoms with Crippen LogP contribution in [0.2, 0.25) is 10.2 Å². The third kappa shape index (κ3) is 3.08. The third-order valence-corrected chi connectivity index (χ3v) is 5.63. The first-order valence-electron chi connectivity index (χ1n) is 8.95. The zero-order chi connectivity index (χ0) is 19.9. The highest BCUT2D eigenvalue weighted by Gasteiger charge is 2.34. The van der Waals surface area contributed by atoms with Crippen molar-refractivity contribution in [2.75, 3.05) is 0 Å². The molecule has 4 nitrogen and oxygen atoms in total. The van der Waals surface area contributed by atoms with Crippen molar-refractivity contribution in [3.05, 3.63) is 81.8 Å². The summed E-state index contributed by atoms with van der Waals surface area (Å²) in [5.74, 6) is 0.396. The van der Waals surface area contributed by atoms with Crippen molar-refractivity contribution in [1.82, 2.24) is 10.1 Å². The monoisotopic (exact) mass is 412 g/mol. The zero-order valence-corrected chi connectivity index (χ0v) is 16.9. The summed E-state index contributed by atoms with van der Waals surface area (Å²) in [6.45, 7) is 3.71. The number of aliphatic hydroxyl groups is 1. The Hall–Kier alpha value is -2.40. The van der Waals surface area contributed by atoms with Crippen LogP contribution in [0.25, 0.3) is 22.0 Å². The lowest BCUT2D eigenvalue weighted by molar-refractivity contribution is 0.0464. The van der Waals surface area contributed by atoms with Gasteiger partial charge in [-0.15, -0.1) is 0 Å². The molecular weight excluding hydrogens is 395 g/mol. The Morgan fingerprint density at radius 1 is 1.07 bits per heavy atom. The summed E-state index contributed by atoms with van der Waals surface area (Å²) in [7, 11) is 0. The number of hydrogen-bond acceptors (Lipinski definition) is 4. The normalized spacial score (nSPS) is 13.6. The SMILES string of the molecule is CCC(O)(c1ccc2nc(Cl)c(-c3ccccc3)c(Cl)c2c1)c1cc(C)no1. The van der Waals surface area contributed by atoms with Crippen LogP contribution in [0.3, 0.4) is 0 Å². The number of fused-ring (bicyclic) bond motifs is 1. The molecule has 2 aromatic heterocycles. The molecule has 0 saturated carbocycles. The van der Waals surface area contributed by atoms with Crippen LogP contribution in [0.15, 0.2) is 59.1 Å². The van der Waals surface area contributed by atoms with Crippen LogP contribution >= 0.6 is 23.2 Å². The van der Waals surface area contributed by atoms with E-state index in [0.717, 1.165) is 5.56 Å². The molecule has 28 heavy (non-hydrogen) atoms. The highest BCUT2D eigenvalue weighted by molar-refractivity contribution is 6.42. The molecule has 0 bridgehead atoms. The van der Waals surface area contributed by atoms with E-state index in [-0.39, 0.29) is 0 Å². The molecule has 142 valence electrons. The van der Waals surface area contributed by atoms with E-state index in [9.17, 15) is 5.11 Å². The highest BCUT2D eigenvalue weighted by atomic mass is 35.5. The standard InChI is InChI=1S/C22H18Cl2N2O2/c1-3-22(27,18-11-13(2)26-28-18)15-9-10-17-16(12-15)20(23)19(21(24)25-17)14-7-5-4-6-8-14/h4-12,27H,3H2,1-2H3. The molecule has 4 aromatic rings. The summed E-state index contributed by atoms with van der Waals surface area (Å²) in [5, 5.41) is 16.8. The maximum Gasteiger partial charge on any atom is 0.173 e. The molecule has 0 amide bonds. The van der Waals surface area contributed by atoms with Gasteiger partial charge in [-0.25, -0.2) is 4.98 Å². The Kier molecular flexibility index (Phi) is 4.88. The Balaban J connectivity index is 1.93. The largest absolute Gasteiger partial charge is 0.377 e. The summed E-state index contributed by atoms with van der Waals surface area (Å²) in [6.07, 6.45) is 0.414. The molecule has 1 N–H and O–H groups in total. The maximum atomic E-state index is 11.3. The quantitative estimate of drug-likeness (QED) is 0.408. The Bertz CT molecular complexity index is 1160. The van der Waals surface area contributed by atoms with Crippen molar-refractivity contribution in [1.29, 1.82) is 0 Å². The molecule has 0 spiro atoms. The van der Waals surface area contributed by atoms with Gasteiger partial charge >= 0.3 is 0 Å². The van der Waals surface area contributed by atoms with Gasteiger partial charge in [0.1, 0.15) is 10.8 Å². The number of halogens is 2. The molecule has 0 fully saturated rings. The van der Waals surface area contributed by atoms with E-state index in [2.05, 4.69) is 10.1 Å². The number of hydrogen-bond donors (Lipinski definition) is 1. The molecule has 2 heterocycles. The van der Waals surface area contributed by atoms with Crippen molar-refractivity contribution >= 4 is 34.1 Å². The van der Waals surface area contributed by atoms with Gasteiger partial charge in [-0.2, -0.15) is 0 Å². The van der Waals surface area contributed by atoms with E-state index in [4.69, 9.17) is 27.7 Å².